The molecule has 2 fully saturated rings. The van der Waals surface area contributed by atoms with Crippen molar-refractivity contribution in [3.63, 3.8) is 0 Å². The highest BCUT2D eigenvalue weighted by Crippen LogP contribution is 2.49. The molecule has 0 amide bonds. The van der Waals surface area contributed by atoms with Crippen molar-refractivity contribution in [1.29, 1.82) is 0 Å². The lowest BCUT2D eigenvalue weighted by Gasteiger charge is -2.57. The Balaban J connectivity index is 0.00000144. The van der Waals surface area contributed by atoms with Crippen LogP contribution in [0, 0.1) is 0 Å². The summed E-state index contributed by atoms with van der Waals surface area (Å²) < 4.78 is 17.8. The molecule has 1 aromatic carbocycles. The van der Waals surface area contributed by atoms with Crippen molar-refractivity contribution in [2.24, 2.45) is 0 Å². The Morgan fingerprint density at radius 2 is 2.24 bits per heavy atom. The third-order valence-corrected chi connectivity index (χ3v) is 5.27. The molecule has 3 aliphatic rings. The van der Waals surface area contributed by atoms with E-state index in [2.05, 4.69) is 23.5 Å². The van der Waals surface area contributed by atoms with Gasteiger partial charge in [0.2, 0.25) is 0 Å². The maximum atomic E-state index is 6.34. The second kappa shape index (κ2) is 4.45. The summed E-state index contributed by atoms with van der Waals surface area (Å²) in [6.45, 7) is 5.77. The van der Waals surface area contributed by atoms with Crippen molar-refractivity contribution in [3.05, 3.63) is 29.3 Å². The average molecular weight is 290 g/mol. The minimum absolute atomic E-state index is 0. The van der Waals surface area contributed by atoms with Gasteiger partial charge in [-0.2, -0.15) is 0 Å². The summed E-state index contributed by atoms with van der Waals surface area (Å²) >= 11 is 0. The lowest BCUT2D eigenvalue weighted by atomic mass is 9.62. The summed E-state index contributed by atoms with van der Waals surface area (Å²) in [5.74, 6) is 0.422. The molecule has 1 aromatic rings. The van der Waals surface area contributed by atoms with E-state index >= 15 is 0 Å². The first kappa shape index (κ1) is 13.6. The Morgan fingerprint density at radius 1 is 1.38 bits per heavy atom. The smallest absolute Gasteiger partial charge is 0.497 e. The molecule has 2 aliphatic heterocycles. The first-order chi connectivity index (χ1) is 10.0. The van der Waals surface area contributed by atoms with E-state index in [-0.39, 0.29) is 12.9 Å². The predicted molar refractivity (Wildman–Crippen MR) is 80.8 cm³/mol. The third-order valence-electron chi connectivity index (χ3n) is 5.27. The Kier molecular flexibility index (Phi) is 2.87. The largest absolute Gasteiger partial charge is 1.00 e. The molecular weight excluding hydrogens is 266 g/mol. The third kappa shape index (κ3) is 1.93. The number of ether oxygens (including phenoxy) is 3. The molecule has 4 rings (SSSR count). The lowest BCUT2D eigenvalue weighted by molar-refractivity contribution is -0.313. The maximum Gasteiger partial charge on any atom is 1.00 e. The summed E-state index contributed by atoms with van der Waals surface area (Å²) in [5, 5.41) is 3.64. The van der Waals surface area contributed by atoms with Gasteiger partial charge in [-0.1, -0.05) is 6.07 Å². The summed E-state index contributed by atoms with van der Waals surface area (Å²) in [7, 11) is 1.72. The van der Waals surface area contributed by atoms with Gasteiger partial charge >= 0.3 is 1.43 Å². The van der Waals surface area contributed by atoms with Gasteiger partial charge in [-0.05, 0) is 56.5 Å². The van der Waals surface area contributed by atoms with Gasteiger partial charge in [-0.15, -0.1) is 0 Å². The number of hydrogen-bond donors (Lipinski definition) is 1. The van der Waals surface area contributed by atoms with Gasteiger partial charge in [-0.3, -0.25) is 0 Å². The highest BCUT2D eigenvalue weighted by molar-refractivity contribution is 5.46. The minimum atomic E-state index is -0.498. The summed E-state index contributed by atoms with van der Waals surface area (Å²) in [6.07, 6.45) is 2.24. The molecule has 0 aromatic heterocycles. The van der Waals surface area contributed by atoms with E-state index in [1.165, 1.54) is 11.1 Å². The second-order valence-corrected chi connectivity index (χ2v) is 6.92. The van der Waals surface area contributed by atoms with Crippen molar-refractivity contribution >= 4 is 0 Å². The van der Waals surface area contributed by atoms with Crippen LogP contribution in [0.25, 0.3) is 0 Å². The van der Waals surface area contributed by atoms with Crippen molar-refractivity contribution < 1.29 is 15.6 Å². The molecular formula is C17H24NO3+. The molecule has 3 atom stereocenters. The van der Waals surface area contributed by atoms with Crippen LogP contribution in [0.15, 0.2) is 18.2 Å². The number of methoxy groups -OCH3 is 1. The number of benzene rings is 1. The van der Waals surface area contributed by atoms with Crippen LogP contribution in [0.5, 0.6) is 5.75 Å². The molecule has 0 unspecified atom stereocenters. The summed E-state index contributed by atoms with van der Waals surface area (Å²) in [5.41, 5.74) is 2.73. The highest BCUT2D eigenvalue weighted by atomic mass is 16.7. The van der Waals surface area contributed by atoms with Crippen LogP contribution in [0.1, 0.15) is 32.8 Å². The van der Waals surface area contributed by atoms with Crippen LogP contribution in [-0.4, -0.2) is 38.2 Å². The van der Waals surface area contributed by atoms with E-state index in [9.17, 15) is 0 Å². The van der Waals surface area contributed by atoms with Crippen LogP contribution in [0.4, 0.5) is 0 Å². The lowest BCUT2D eigenvalue weighted by Crippen LogP contribution is -2.69. The topological polar surface area (TPSA) is 39.7 Å². The molecule has 1 N–H and O–H groups in total. The predicted octanol–water partition coefficient (Wildman–Crippen LogP) is 2.11. The summed E-state index contributed by atoms with van der Waals surface area (Å²) in [6, 6.07) is 6.82. The quantitative estimate of drug-likeness (QED) is 0.860. The van der Waals surface area contributed by atoms with E-state index in [0.29, 0.717) is 6.04 Å². The Morgan fingerprint density at radius 3 is 3.05 bits per heavy atom. The molecule has 2 saturated heterocycles. The van der Waals surface area contributed by atoms with Gasteiger partial charge < -0.3 is 19.5 Å². The van der Waals surface area contributed by atoms with Crippen LogP contribution in [-0.2, 0) is 21.3 Å². The molecule has 21 heavy (non-hydrogen) atoms. The zero-order valence-corrected chi connectivity index (χ0v) is 12.9. The van der Waals surface area contributed by atoms with Crippen LogP contribution in [0.3, 0.4) is 0 Å². The van der Waals surface area contributed by atoms with E-state index < -0.39 is 5.79 Å². The zero-order valence-electron chi connectivity index (χ0n) is 13.9. The van der Waals surface area contributed by atoms with Gasteiger partial charge in [0.05, 0.1) is 19.8 Å². The van der Waals surface area contributed by atoms with E-state index in [4.69, 9.17) is 14.2 Å². The fourth-order valence-electron chi connectivity index (χ4n) is 4.21. The summed E-state index contributed by atoms with van der Waals surface area (Å²) in [4.78, 5) is 0. The number of fused-ring (bicyclic) bond motifs is 1. The van der Waals surface area contributed by atoms with Gasteiger partial charge in [0.25, 0.3) is 0 Å². The van der Waals surface area contributed by atoms with Crippen LogP contribution < -0.4 is 10.1 Å². The zero-order chi connectivity index (χ0) is 14.7. The van der Waals surface area contributed by atoms with Gasteiger partial charge in [0.15, 0.2) is 5.79 Å². The maximum absolute atomic E-state index is 6.34. The minimum Gasteiger partial charge on any atom is -0.497 e. The molecule has 114 valence electrons. The molecule has 2 bridgehead atoms. The molecule has 0 radical (unpaired) electrons. The van der Waals surface area contributed by atoms with Crippen LogP contribution >= 0.6 is 0 Å². The second-order valence-electron chi connectivity index (χ2n) is 6.92. The van der Waals surface area contributed by atoms with E-state index in [1.54, 1.807) is 7.11 Å². The van der Waals surface area contributed by atoms with Crippen LogP contribution in [0.2, 0.25) is 0 Å². The fraction of sp³-hybridized carbons (Fsp3) is 0.647. The SMILES string of the molecule is COc1ccc2c(c1)[C@]13CCN[C@H](C2)[C@@H]1OC(C)(C)OC3.[H+]. The first-order valence-corrected chi connectivity index (χ1v) is 7.77. The molecule has 2 heterocycles. The van der Waals surface area contributed by atoms with E-state index in [1.807, 2.05) is 13.8 Å². The monoisotopic (exact) mass is 290 g/mol. The average Bonchev–Trinajstić information content (AvgIpc) is 2.46. The Bertz CT molecular complexity index is 577. The Hall–Kier alpha value is -1.10. The highest BCUT2D eigenvalue weighted by Gasteiger charge is 2.56. The number of rotatable bonds is 1. The standard InChI is InChI=1S/C17H23NO3/c1-16(2)20-10-17-6-7-18-14(15(17)21-16)8-11-4-5-12(19-3)9-13(11)17/h4-5,9,14-15,18H,6-8,10H2,1-3H3/p+1/t14-,15+,17-/m1/s1. The van der Waals surface area contributed by atoms with Crippen molar-refractivity contribution in [1.82, 2.24) is 5.32 Å². The number of piperidine rings is 1. The number of nitrogens with one attached hydrogen (secondary N) is 1. The van der Waals surface area contributed by atoms with E-state index in [0.717, 1.165) is 31.7 Å². The molecule has 0 spiro atoms. The molecule has 1 aliphatic carbocycles. The van der Waals surface area contributed by atoms with Crippen molar-refractivity contribution in [2.45, 2.75) is 50.0 Å². The van der Waals surface area contributed by atoms with Gasteiger partial charge in [-0.25, -0.2) is 0 Å². The normalized spacial score (nSPS) is 36.5. The van der Waals surface area contributed by atoms with Gasteiger partial charge in [0.1, 0.15) is 5.75 Å². The molecule has 0 saturated carbocycles. The first-order valence-electron chi connectivity index (χ1n) is 7.77. The number of hydrogen-bond acceptors (Lipinski definition) is 4. The Labute approximate surface area is 127 Å². The van der Waals surface area contributed by atoms with Crippen molar-refractivity contribution in [2.75, 3.05) is 20.3 Å². The fourth-order valence-corrected chi connectivity index (χ4v) is 4.21. The molecule has 4 heteroatoms. The molecule has 4 nitrogen and oxygen atoms in total. The van der Waals surface area contributed by atoms with Gasteiger partial charge in [0, 0.05) is 11.5 Å². The van der Waals surface area contributed by atoms with Crippen molar-refractivity contribution in [3.8, 4) is 5.75 Å².